The van der Waals surface area contributed by atoms with Crippen molar-refractivity contribution in [3.63, 3.8) is 0 Å². The van der Waals surface area contributed by atoms with Crippen LogP contribution in [0.25, 0.3) is 11.1 Å². The summed E-state index contributed by atoms with van der Waals surface area (Å²) in [5, 5.41) is 9.09. The first-order valence-corrected chi connectivity index (χ1v) is 9.08. The summed E-state index contributed by atoms with van der Waals surface area (Å²) in [6.45, 7) is 1.68. The van der Waals surface area contributed by atoms with Gasteiger partial charge in [0, 0.05) is 29.7 Å². The maximum absolute atomic E-state index is 12.5. The van der Waals surface area contributed by atoms with Gasteiger partial charge in [0.1, 0.15) is 0 Å². The molecule has 2 N–H and O–H groups in total. The number of nitrogens with one attached hydrogen (secondary N) is 1. The van der Waals surface area contributed by atoms with Crippen molar-refractivity contribution in [2.24, 2.45) is 0 Å². The van der Waals surface area contributed by atoms with Crippen molar-refractivity contribution in [3.8, 4) is 11.1 Å². The molecule has 0 aliphatic carbocycles. The van der Waals surface area contributed by atoms with Crippen LogP contribution in [0.15, 0.2) is 66.0 Å². The second-order valence-electron chi connectivity index (χ2n) is 5.54. The number of carboxylic acid groups (broad SMARTS) is 1. The van der Waals surface area contributed by atoms with E-state index in [2.05, 4.69) is 14.7 Å². The Labute approximate surface area is 150 Å². The third-order valence-electron chi connectivity index (χ3n) is 3.70. The molecule has 0 unspecified atom stereocenters. The van der Waals surface area contributed by atoms with Gasteiger partial charge in [0.25, 0.3) is 10.0 Å². The summed E-state index contributed by atoms with van der Waals surface area (Å²) < 4.78 is 27.6. The zero-order valence-corrected chi connectivity index (χ0v) is 14.6. The lowest BCUT2D eigenvalue weighted by atomic mass is 10.1. The quantitative estimate of drug-likeness (QED) is 0.716. The minimum Gasteiger partial charge on any atom is -0.478 e. The second kappa shape index (κ2) is 6.93. The van der Waals surface area contributed by atoms with Gasteiger partial charge in [0.15, 0.2) is 0 Å². The molecule has 0 aliphatic rings. The molecular formula is C18H15N3O4S. The van der Waals surface area contributed by atoms with E-state index in [9.17, 15) is 13.2 Å². The second-order valence-corrected chi connectivity index (χ2v) is 7.23. The fourth-order valence-electron chi connectivity index (χ4n) is 2.31. The predicted molar refractivity (Wildman–Crippen MR) is 96.4 cm³/mol. The van der Waals surface area contributed by atoms with Crippen molar-refractivity contribution in [3.05, 3.63) is 72.3 Å². The Morgan fingerprint density at radius 1 is 1.04 bits per heavy atom. The molecule has 0 atom stereocenters. The minimum atomic E-state index is -3.76. The van der Waals surface area contributed by atoms with E-state index in [1.807, 2.05) is 0 Å². The topological polar surface area (TPSA) is 109 Å². The Hall–Kier alpha value is -3.26. The maximum Gasteiger partial charge on any atom is 0.337 e. The molecule has 0 fully saturated rings. The predicted octanol–water partition coefficient (Wildman–Crippen LogP) is 2.95. The smallest absolute Gasteiger partial charge is 0.337 e. The average Bonchev–Trinajstić information content (AvgIpc) is 2.64. The van der Waals surface area contributed by atoms with Crippen LogP contribution < -0.4 is 4.72 Å². The average molecular weight is 369 g/mol. The van der Waals surface area contributed by atoms with E-state index in [1.165, 1.54) is 36.8 Å². The molecule has 0 spiro atoms. The van der Waals surface area contributed by atoms with Gasteiger partial charge in [-0.15, -0.1) is 0 Å². The van der Waals surface area contributed by atoms with E-state index in [0.717, 1.165) is 0 Å². The van der Waals surface area contributed by atoms with Gasteiger partial charge in [-0.3, -0.25) is 14.7 Å². The molecule has 0 aliphatic heterocycles. The molecule has 0 bridgehead atoms. The number of hydrogen-bond donors (Lipinski definition) is 2. The SMILES string of the molecule is Cc1ncc(-c2cncc(C(=O)O)c2)cc1NS(=O)(=O)c1ccccc1. The standard InChI is InChI=1S/C18H15N3O4S/c1-12-17(21-26(24,25)16-5-3-2-4-6-16)8-14(11-20-12)13-7-15(18(22)23)10-19-9-13/h2-11,21H,1H3,(H,22,23). The Bertz CT molecular complexity index is 1070. The molecule has 2 heterocycles. The van der Waals surface area contributed by atoms with Crippen molar-refractivity contribution in [2.45, 2.75) is 11.8 Å². The van der Waals surface area contributed by atoms with Crippen LogP contribution >= 0.6 is 0 Å². The number of rotatable bonds is 5. The molecule has 0 saturated heterocycles. The molecule has 0 radical (unpaired) electrons. The van der Waals surface area contributed by atoms with Gasteiger partial charge in [0.2, 0.25) is 0 Å². The van der Waals surface area contributed by atoms with Crippen molar-refractivity contribution in [1.29, 1.82) is 0 Å². The van der Waals surface area contributed by atoms with Crippen LogP contribution in [0.2, 0.25) is 0 Å². The number of hydrogen-bond acceptors (Lipinski definition) is 5. The highest BCUT2D eigenvalue weighted by Crippen LogP contribution is 2.25. The van der Waals surface area contributed by atoms with E-state index >= 15 is 0 Å². The van der Waals surface area contributed by atoms with Gasteiger partial charge < -0.3 is 5.11 Å². The molecule has 8 heteroatoms. The number of pyridine rings is 2. The zero-order valence-electron chi connectivity index (χ0n) is 13.7. The number of anilines is 1. The molecule has 0 saturated carbocycles. The molecule has 1 aromatic carbocycles. The Balaban J connectivity index is 1.99. The summed E-state index contributed by atoms with van der Waals surface area (Å²) in [6.07, 6.45) is 4.28. The molecule has 3 aromatic rings. The van der Waals surface area contributed by atoms with Gasteiger partial charge in [-0.2, -0.15) is 0 Å². The number of carbonyl (C=O) groups is 1. The van der Waals surface area contributed by atoms with Crippen molar-refractivity contribution in [1.82, 2.24) is 9.97 Å². The lowest BCUT2D eigenvalue weighted by molar-refractivity contribution is 0.0696. The Morgan fingerprint density at radius 3 is 2.42 bits per heavy atom. The molecule has 2 aromatic heterocycles. The van der Waals surface area contributed by atoms with Crippen LogP contribution in [0.1, 0.15) is 16.1 Å². The van der Waals surface area contributed by atoms with Gasteiger partial charge in [-0.1, -0.05) is 18.2 Å². The number of aryl methyl sites for hydroxylation is 1. The van der Waals surface area contributed by atoms with Crippen LogP contribution in [0.4, 0.5) is 5.69 Å². The molecule has 26 heavy (non-hydrogen) atoms. The van der Waals surface area contributed by atoms with Gasteiger partial charge in [-0.05, 0) is 31.2 Å². The van der Waals surface area contributed by atoms with E-state index in [4.69, 9.17) is 5.11 Å². The highest BCUT2D eigenvalue weighted by Gasteiger charge is 2.16. The van der Waals surface area contributed by atoms with Crippen LogP contribution in [-0.4, -0.2) is 29.5 Å². The van der Waals surface area contributed by atoms with Crippen LogP contribution in [0.3, 0.4) is 0 Å². The van der Waals surface area contributed by atoms with Crippen molar-refractivity contribution < 1.29 is 18.3 Å². The van der Waals surface area contributed by atoms with E-state index in [0.29, 0.717) is 22.5 Å². The monoisotopic (exact) mass is 369 g/mol. The fraction of sp³-hybridized carbons (Fsp3) is 0.0556. The maximum atomic E-state index is 12.5. The zero-order chi connectivity index (χ0) is 18.7. The number of benzene rings is 1. The molecule has 0 amide bonds. The number of sulfonamides is 1. The van der Waals surface area contributed by atoms with Gasteiger partial charge in [-0.25, -0.2) is 13.2 Å². The molecular weight excluding hydrogens is 354 g/mol. The summed E-state index contributed by atoms with van der Waals surface area (Å²) in [5.41, 5.74) is 1.92. The third kappa shape index (κ3) is 3.70. The summed E-state index contributed by atoms with van der Waals surface area (Å²) in [6, 6.07) is 11.1. The number of aromatic nitrogens is 2. The first kappa shape index (κ1) is 17.6. The molecule has 7 nitrogen and oxygen atoms in total. The fourth-order valence-corrected chi connectivity index (χ4v) is 3.44. The number of nitrogens with zero attached hydrogens (tertiary/aromatic N) is 2. The summed E-state index contributed by atoms with van der Waals surface area (Å²) >= 11 is 0. The lowest BCUT2D eigenvalue weighted by Crippen LogP contribution is -2.14. The number of aromatic carboxylic acids is 1. The first-order valence-electron chi connectivity index (χ1n) is 7.60. The number of carboxylic acids is 1. The summed E-state index contributed by atoms with van der Waals surface area (Å²) in [5.74, 6) is -1.09. The summed E-state index contributed by atoms with van der Waals surface area (Å²) in [4.78, 5) is 19.4. The van der Waals surface area contributed by atoms with Gasteiger partial charge in [0.05, 0.1) is 21.8 Å². The highest BCUT2D eigenvalue weighted by atomic mass is 32.2. The van der Waals surface area contributed by atoms with E-state index < -0.39 is 16.0 Å². The highest BCUT2D eigenvalue weighted by molar-refractivity contribution is 7.92. The normalized spacial score (nSPS) is 11.1. The Morgan fingerprint density at radius 2 is 1.73 bits per heavy atom. The lowest BCUT2D eigenvalue weighted by Gasteiger charge is -2.12. The van der Waals surface area contributed by atoms with Crippen molar-refractivity contribution in [2.75, 3.05) is 4.72 Å². The third-order valence-corrected chi connectivity index (χ3v) is 5.08. The minimum absolute atomic E-state index is 0.0366. The molecule has 132 valence electrons. The van der Waals surface area contributed by atoms with Crippen LogP contribution in [-0.2, 0) is 10.0 Å². The van der Waals surface area contributed by atoms with E-state index in [-0.39, 0.29) is 10.5 Å². The molecule has 3 rings (SSSR count). The van der Waals surface area contributed by atoms with Crippen molar-refractivity contribution >= 4 is 21.7 Å². The van der Waals surface area contributed by atoms with E-state index in [1.54, 1.807) is 31.2 Å². The summed E-state index contributed by atoms with van der Waals surface area (Å²) in [7, 11) is -3.76. The van der Waals surface area contributed by atoms with Crippen LogP contribution in [0.5, 0.6) is 0 Å². The van der Waals surface area contributed by atoms with Gasteiger partial charge >= 0.3 is 5.97 Å². The first-order chi connectivity index (χ1) is 12.4. The largest absolute Gasteiger partial charge is 0.478 e. The Kier molecular flexibility index (Phi) is 4.68. The van der Waals surface area contributed by atoms with Crippen LogP contribution in [0, 0.1) is 6.92 Å².